The van der Waals surface area contributed by atoms with E-state index < -0.39 is 0 Å². The van der Waals surface area contributed by atoms with E-state index in [1.165, 1.54) is 0 Å². The summed E-state index contributed by atoms with van der Waals surface area (Å²) in [5.74, 6) is 2.38. The van der Waals surface area contributed by atoms with Gasteiger partial charge in [0, 0.05) is 42.8 Å². The second kappa shape index (κ2) is 10.4. The van der Waals surface area contributed by atoms with Crippen LogP contribution in [0.2, 0.25) is 0 Å². The fourth-order valence-electron chi connectivity index (χ4n) is 4.40. The molecule has 7 nitrogen and oxygen atoms in total. The highest BCUT2D eigenvalue weighted by Crippen LogP contribution is 2.35. The molecular weight excluding hydrogens is 450 g/mol. The number of methoxy groups -OCH3 is 1. The van der Waals surface area contributed by atoms with Gasteiger partial charge >= 0.3 is 0 Å². The molecule has 2 aliphatic rings. The number of piperazine rings is 1. The van der Waals surface area contributed by atoms with Crippen LogP contribution >= 0.6 is 11.3 Å². The Kier molecular flexibility index (Phi) is 6.87. The smallest absolute Gasteiger partial charge is 0.241 e. The predicted octanol–water partition coefficient (Wildman–Crippen LogP) is 3.88. The number of benzene rings is 2. The van der Waals surface area contributed by atoms with Gasteiger partial charge in [0.15, 0.2) is 11.5 Å². The standard InChI is InChI=1S/C26H29N3O4S/c1-31-23-7-3-2-6-22(23)28-12-10-27(11-13-28)19-26(30)29(18-21-5-4-16-34-21)20-8-9-24-25(17-20)33-15-14-32-24/h2-9,16-17H,10-15,18-19H2,1H3. The summed E-state index contributed by atoms with van der Waals surface area (Å²) in [6, 6.07) is 17.9. The van der Waals surface area contributed by atoms with Crippen molar-refractivity contribution in [2.75, 3.05) is 62.8 Å². The quantitative estimate of drug-likeness (QED) is 0.513. The van der Waals surface area contributed by atoms with Crippen LogP contribution in [0.15, 0.2) is 60.0 Å². The number of carbonyl (C=O) groups excluding carboxylic acids is 1. The van der Waals surface area contributed by atoms with Crippen LogP contribution in [-0.2, 0) is 11.3 Å². The Bertz CT molecular complexity index is 1110. The molecule has 0 spiro atoms. The summed E-state index contributed by atoms with van der Waals surface area (Å²) < 4.78 is 17.0. The highest BCUT2D eigenvalue weighted by Gasteiger charge is 2.25. The molecule has 0 N–H and O–H groups in total. The SMILES string of the molecule is COc1ccccc1N1CCN(CC(=O)N(Cc2cccs2)c2ccc3c(c2)OCCO3)CC1. The lowest BCUT2D eigenvalue weighted by Gasteiger charge is -2.37. The molecule has 2 aromatic carbocycles. The molecule has 0 unspecified atom stereocenters. The van der Waals surface area contributed by atoms with E-state index in [9.17, 15) is 4.79 Å². The van der Waals surface area contributed by atoms with E-state index in [4.69, 9.17) is 14.2 Å². The Morgan fingerprint density at radius 1 is 1.00 bits per heavy atom. The number of thiophene rings is 1. The molecule has 0 aliphatic carbocycles. The Morgan fingerprint density at radius 2 is 1.79 bits per heavy atom. The first-order valence-electron chi connectivity index (χ1n) is 11.5. The molecule has 0 atom stereocenters. The van der Waals surface area contributed by atoms with Gasteiger partial charge in [-0.15, -0.1) is 11.3 Å². The Morgan fingerprint density at radius 3 is 2.56 bits per heavy atom. The Labute approximate surface area is 204 Å². The van der Waals surface area contributed by atoms with Crippen molar-refractivity contribution in [1.82, 2.24) is 4.90 Å². The molecule has 0 saturated carbocycles. The average Bonchev–Trinajstić information content (AvgIpc) is 3.41. The summed E-state index contributed by atoms with van der Waals surface area (Å²) in [6.07, 6.45) is 0. The van der Waals surface area contributed by atoms with E-state index in [2.05, 4.69) is 21.9 Å². The van der Waals surface area contributed by atoms with Gasteiger partial charge < -0.3 is 24.0 Å². The van der Waals surface area contributed by atoms with Crippen molar-refractivity contribution in [3.8, 4) is 17.2 Å². The molecule has 0 radical (unpaired) electrons. The van der Waals surface area contributed by atoms with E-state index in [1.807, 2.05) is 52.7 Å². The van der Waals surface area contributed by atoms with E-state index in [0.717, 1.165) is 53.9 Å². The van der Waals surface area contributed by atoms with Crippen molar-refractivity contribution >= 4 is 28.6 Å². The van der Waals surface area contributed by atoms with E-state index in [-0.39, 0.29) is 5.91 Å². The number of fused-ring (bicyclic) bond motifs is 1. The fraction of sp³-hybridized carbons (Fsp3) is 0.346. The second-order valence-electron chi connectivity index (χ2n) is 8.32. The van der Waals surface area contributed by atoms with Crippen LogP contribution < -0.4 is 24.0 Å². The van der Waals surface area contributed by atoms with Crippen molar-refractivity contribution < 1.29 is 19.0 Å². The predicted molar refractivity (Wildman–Crippen MR) is 135 cm³/mol. The van der Waals surface area contributed by atoms with Crippen molar-refractivity contribution in [2.45, 2.75) is 6.54 Å². The van der Waals surface area contributed by atoms with E-state index in [1.54, 1.807) is 18.4 Å². The first kappa shape index (κ1) is 22.6. The summed E-state index contributed by atoms with van der Waals surface area (Å²) in [6.45, 7) is 5.31. The molecule has 3 heterocycles. The lowest BCUT2D eigenvalue weighted by molar-refractivity contribution is -0.120. The molecule has 178 valence electrons. The lowest BCUT2D eigenvalue weighted by Crippen LogP contribution is -2.50. The Hall–Kier alpha value is -3.23. The van der Waals surface area contributed by atoms with Crippen LogP contribution in [-0.4, -0.2) is 63.9 Å². The minimum absolute atomic E-state index is 0.0795. The summed E-state index contributed by atoms with van der Waals surface area (Å²) in [5, 5.41) is 2.04. The maximum Gasteiger partial charge on any atom is 0.241 e. The van der Waals surface area contributed by atoms with Crippen LogP contribution in [0.5, 0.6) is 17.2 Å². The molecular formula is C26H29N3O4S. The zero-order valence-corrected chi connectivity index (χ0v) is 20.1. The van der Waals surface area contributed by atoms with Gasteiger partial charge in [0.2, 0.25) is 5.91 Å². The zero-order chi connectivity index (χ0) is 23.3. The van der Waals surface area contributed by atoms with Crippen LogP contribution in [0.25, 0.3) is 0 Å². The average molecular weight is 480 g/mol. The van der Waals surface area contributed by atoms with Gasteiger partial charge in [-0.2, -0.15) is 0 Å². The van der Waals surface area contributed by atoms with Crippen LogP contribution in [0.4, 0.5) is 11.4 Å². The molecule has 8 heteroatoms. The molecule has 5 rings (SSSR count). The van der Waals surface area contributed by atoms with Gasteiger partial charge in [-0.05, 0) is 35.7 Å². The first-order chi connectivity index (χ1) is 16.7. The van der Waals surface area contributed by atoms with Crippen molar-refractivity contribution in [1.29, 1.82) is 0 Å². The maximum atomic E-state index is 13.5. The highest BCUT2D eigenvalue weighted by molar-refractivity contribution is 7.09. The third-order valence-corrected chi connectivity index (χ3v) is 7.05. The molecule has 0 bridgehead atoms. The summed E-state index contributed by atoms with van der Waals surface area (Å²) in [4.78, 5) is 21.1. The zero-order valence-electron chi connectivity index (χ0n) is 19.3. The van der Waals surface area contributed by atoms with Crippen molar-refractivity contribution in [3.05, 3.63) is 64.9 Å². The van der Waals surface area contributed by atoms with Crippen molar-refractivity contribution in [3.63, 3.8) is 0 Å². The second-order valence-corrected chi connectivity index (χ2v) is 9.35. The number of ether oxygens (including phenoxy) is 3. The summed E-state index contributed by atoms with van der Waals surface area (Å²) >= 11 is 1.66. The van der Waals surface area contributed by atoms with Crippen LogP contribution in [0, 0.1) is 0 Å². The van der Waals surface area contributed by atoms with Crippen molar-refractivity contribution in [2.24, 2.45) is 0 Å². The van der Waals surface area contributed by atoms with Gasteiger partial charge in [-0.25, -0.2) is 0 Å². The number of hydrogen-bond donors (Lipinski definition) is 0. The molecule has 1 saturated heterocycles. The number of carbonyl (C=O) groups is 1. The van der Waals surface area contributed by atoms with Crippen LogP contribution in [0.3, 0.4) is 0 Å². The minimum Gasteiger partial charge on any atom is -0.495 e. The Balaban J connectivity index is 1.28. The highest BCUT2D eigenvalue weighted by atomic mass is 32.1. The lowest BCUT2D eigenvalue weighted by atomic mass is 10.2. The van der Waals surface area contributed by atoms with Gasteiger partial charge in [-0.1, -0.05) is 18.2 Å². The number of amides is 1. The van der Waals surface area contributed by atoms with E-state index in [0.29, 0.717) is 32.1 Å². The first-order valence-corrected chi connectivity index (χ1v) is 12.4. The van der Waals surface area contributed by atoms with Crippen LogP contribution in [0.1, 0.15) is 4.88 Å². The topological polar surface area (TPSA) is 54.5 Å². The number of para-hydroxylation sites is 2. The van der Waals surface area contributed by atoms with Gasteiger partial charge in [0.25, 0.3) is 0 Å². The molecule has 34 heavy (non-hydrogen) atoms. The third-order valence-electron chi connectivity index (χ3n) is 6.19. The maximum absolute atomic E-state index is 13.5. The monoisotopic (exact) mass is 479 g/mol. The minimum atomic E-state index is 0.0795. The summed E-state index contributed by atoms with van der Waals surface area (Å²) in [7, 11) is 1.70. The molecule has 3 aromatic rings. The third kappa shape index (κ3) is 4.98. The van der Waals surface area contributed by atoms with Gasteiger partial charge in [0.05, 0.1) is 25.9 Å². The number of rotatable bonds is 7. The summed E-state index contributed by atoms with van der Waals surface area (Å²) in [5.41, 5.74) is 1.93. The number of hydrogen-bond acceptors (Lipinski definition) is 7. The normalized spacial score (nSPS) is 15.7. The number of nitrogens with zero attached hydrogens (tertiary/aromatic N) is 3. The molecule has 1 fully saturated rings. The molecule has 1 amide bonds. The van der Waals surface area contributed by atoms with Gasteiger partial charge in [0.1, 0.15) is 19.0 Å². The number of anilines is 2. The fourth-order valence-corrected chi connectivity index (χ4v) is 5.09. The largest absolute Gasteiger partial charge is 0.495 e. The van der Waals surface area contributed by atoms with E-state index >= 15 is 0 Å². The molecule has 2 aliphatic heterocycles. The van der Waals surface area contributed by atoms with Gasteiger partial charge in [-0.3, -0.25) is 9.69 Å². The molecule has 1 aromatic heterocycles.